The average molecular weight is 264 g/mol. The average Bonchev–Trinajstić information content (AvgIpc) is 2.43. The molecule has 110 valence electrons. The lowest BCUT2D eigenvalue weighted by molar-refractivity contribution is 0.282. The maximum Gasteiger partial charge on any atom is 0.0431 e. The van der Waals surface area contributed by atoms with Crippen LogP contribution in [0.4, 0.5) is 0 Å². The summed E-state index contributed by atoms with van der Waals surface area (Å²) in [6.07, 6.45) is 25.3. The van der Waals surface area contributed by atoms with Crippen LogP contribution in [0, 0.1) is 0 Å². The molecular weight excluding hydrogens is 232 g/mol. The van der Waals surface area contributed by atoms with Gasteiger partial charge in [0.15, 0.2) is 0 Å². The van der Waals surface area contributed by atoms with Gasteiger partial charge in [0.2, 0.25) is 0 Å². The summed E-state index contributed by atoms with van der Waals surface area (Å²) in [5, 5.41) is 8.65. The standard InChI is InChI=1S/C18H32O/c1-2-3-4-5-6-7-8-9-10-11-12-13-14-15-16-17-18-19/h6-11,19H,2-5,12-18H2,1H3. The fourth-order valence-electron chi connectivity index (χ4n) is 1.89. The molecule has 0 amide bonds. The zero-order chi connectivity index (χ0) is 14.0. The number of hydrogen-bond acceptors (Lipinski definition) is 1. The zero-order valence-corrected chi connectivity index (χ0v) is 12.7. The van der Waals surface area contributed by atoms with Gasteiger partial charge in [-0.1, -0.05) is 75.5 Å². The normalized spacial score (nSPS) is 12.3. The molecule has 0 aliphatic rings. The van der Waals surface area contributed by atoms with Crippen LogP contribution in [0.15, 0.2) is 36.5 Å². The second-order valence-electron chi connectivity index (χ2n) is 5.02. The Balaban J connectivity index is 3.27. The van der Waals surface area contributed by atoms with Crippen LogP contribution < -0.4 is 0 Å². The van der Waals surface area contributed by atoms with E-state index in [1.54, 1.807) is 0 Å². The van der Waals surface area contributed by atoms with Crippen LogP contribution in [0.2, 0.25) is 0 Å². The molecule has 1 nitrogen and oxygen atoms in total. The van der Waals surface area contributed by atoms with Crippen molar-refractivity contribution in [3.8, 4) is 0 Å². The highest BCUT2D eigenvalue weighted by molar-refractivity contribution is 5.10. The van der Waals surface area contributed by atoms with E-state index in [9.17, 15) is 0 Å². The van der Waals surface area contributed by atoms with Crippen LogP contribution in [-0.2, 0) is 0 Å². The van der Waals surface area contributed by atoms with E-state index >= 15 is 0 Å². The first-order valence-corrected chi connectivity index (χ1v) is 8.01. The Bertz CT molecular complexity index is 238. The Morgan fingerprint density at radius 1 is 0.632 bits per heavy atom. The van der Waals surface area contributed by atoms with Gasteiger partial charge in [-0.15, -0.1) is 0 Å². The van der Waals surface area contributed by atoms with Crippen LogP contribution in [-0.4, -0.2) is 11.7 Å². The van der Waals surface area contributed by atoms with E-state index in [1.807, 2.05) is 0 Å². The largest absolute Gasteiger partial charge is 0.396 e. The van der Waals surface area contributed by atoms with Crippen molar-refractivity contribution in [1.29, 1.82) is 0 Å². The molecule has 0 aromatic rings. The molecule has 0 aromatic carbocycles. The third kappa shape index (κ3) is 17.2. The smallest absolute Gasteiger partial charge is 0.0431 e. The Hall–Kier alpha value is -0.820. The van der Waals surface area contributed by atoms with Gasteiger partial charge in [-0.25, -0.2) is 0 Å². The minimum atomic E-state index is 0.344. The molecule has 0 radical (unpaired) electrons. The summed E-state index contributed by atoms with van der Waals surface area (Å²) >= 11 is 0. The van der Waals surface area contributed by atoms with Gasteiger partial charge in [0, 0.05) is 6.61 Å². The highest BCUT2D eigenvalue weighted by Crippen LogP contribution is 2.05. The van der Waals surface area contributed by atoms with Crippen molar-refractivity contribution in [2.75, 3.05) is 6.61 Å². The fourth-order valence-corrected chi connectivity index (χ4v) is 1.89. The number of unbranched alkanes of at least 4 members (excludes halogenated alkanes) is 8. The van der Waals surface area contributed by atoms with Crippen LogP contribution in [0.5, 0.6) is 0 Å². The Morgan fingerprint density at radius 3 is 1.74 bits per heavy atom. The molecule has 0 saturated carbocycles. The minimum Gasteiger partial charge on any atom is -0.396 e. The molecule has 0 aliphatic carbocycles. The molecule has 0 aliphatic heterocycles. The lowest BCUT2D eigenvalue weighted by atomic mass is 10.1. The van der Waals surface area contributed by atoms with Crippen molar-refractivity contribution in [2.24, 2.45) is 0 Å². The predicted octanol–water partition coefficient (Wildman–Crippen LogP) is 5.57. The highest BCUT2D eigenvalue weighted by atomic mass is 16.2. The first-order valence-electron chi connectivity index (χ1n) is 8.01. The number of hydrogen-bond donors (Lipinski definition) is 1. The molecule has 0 saturated heterocycles. The van der Waals surface area contributed by atoms with Crippen molar-refractivity contribution in [1.82, 2.24) is 0 Å². The predicted molar refractivity (Wildman–Crippen MR) is 86.3 cm³/mol. The summed E-state index contributed by atoms with van der Waals surface area (Å²) in [5.41, 5.74) is 0. The van der Waals surface area contributed by atoms with E-state index in [1.165, 1.54) is 57.8 Å². The van der Waals surface area contributed by atoms with Crippen molar-refractivity contribution >= 4 is 0 Å². The first-order chi connectivity index (χ1) is 9.41. The summed E-state index contributed by atoms with van der Waals surface area (Å²) in [5.74, 6) is 0. The molecule has 0 spiro atoms. The molecule has 0 aromatic heterocycles. The third-order valence-corrected chi connectivity index (χ3v) is 3.11. The summed E-state index contributed by atoms with van der Waals surface area (Å²) in [7, 11) is 0. The summed E-state index contributed by atoms with van der Waals surface area (Å²) in [4.78, 5) is 0. The molecule has 1 heteroatoms. The molecule has 0 atom stereocenters. The number of aliphatic hydroxyl groups excluding tert-OH is 1. The van der Waals surface area contributed by atoms with E-state index < -0.39 is 0 Å². The quantitative estimate of drug-likeness (QED) is 0.340. The molecule has 0 heterocycles. The van der Waals surface area contributed by atoms with Crippen LogP contribution >= 0.6 is 0 Å². The van der Waals surface area contributed by atoms with E-state index in [2.05, 4.69) is 43.4 Å². The van der Waals surface area contributed by atoms with Gasteiger partial charge in [0.05, 0.1) is 0 Å². The molecular formula is C18H32O. The van der Waals surface area contributed by atoms with Gasteiger partial charge < -0.3 is 5.11 Å². The topological polar surface area (TPSA) is 20.2 Å². The van der Waals surface area contributed by atoms with Crippen LogP contribution in [0.3, 0.4) is 0 Å². The SMILES string of the molecule is CCCCCC=CC=CC=CCCCCCCCO. The molecule has 0 unspecified atom stereocenters. The number of allylic oxidation sites excluding steroid dienone is 6. The summed E-state index contributed by atoms with van der Waals surface area (Å²) < 4.78 is 0. The van der Waals surface area contributed by atoms with Gasteiger partial charge in [0.1, 0.15) is 0 Å². The minimum absolute atomic E-state index is 0.344. The number of aliphatic hydroxyl groups is 1. The second-order valence-corrected chi connectivity index (χ2v) is 5.02. The lowest BCUT2D eigenvalue weighted by Crippen LogP contribution is -1.82. The highest BCUT2D eigenvalue weighted by Gasteiger charge is 1.87. The van der Waals surface area contributed by atoms with Gasteiger partial charge in [-0.05, 0) is 32.1 Å². The summed E-state index contributed by atoms with van der Waals surface area (Å²) in [6, 6.07) is 0. The Morgan fingerprint density at radius 2 is 1.16 bits per heavy atom. The van der Waals surface area contributed by atoms with Gasteiger partial charge >= 0.3 is 0 Å². The third-order valence-electron chi connectivity index (χ3n) is 3.11. The maximum atomic E-state index is 8.65. The Kier molecular flexibility index (Phi) is 16.4. The lowest BCUT2D eigenvalue weighted by Gasteiger charge is -1.96. The van der Waals surface area contributed by atoms with Crippen molar-refractivity contribution in [2.45, 2.75) is 71.1 Å². The Labute approximate surface area is 120 Å². The molecule has 0 bridgehead atoms. The van der Waals surface area contributed by atoms with Gasteiger partial charge in [0.25, 0.3) is 0 Å². The van der Waals surface area contributed by atoms with Crippen molar-refractivity contribution in [3.63, 3.8) is 0 Å². The van der Waals surface area contributed by atoms with E-state index in [0.29, 0.717) is 6.61 Å². The van der Waals surface area contributed by atoms with Crippen molar-refractivity contribution in [3.05, 3.63) is 36.5 Å². The molecule has 1 N–H and O–H groups in total. The van der Waals surface area contributed by atoms with Crippen LogP contribution in [0.1, 0.15) is 71.1 Å². The monoisotopic (exact) mass is 264 g/mol. The van der Waals surface area contributed by atoms with Crippen molar-refractivity contribution < 1.29 is 5.11 Å². The van der Waals surface area contributed by atoms with E-state index in [4.69, 9.17) is 5.11 Å². The van der Waals surface area contributed by atoms with E-state index in [-0.39, 0.29) is 0 Å². The van der Waals surface area contributed by atoms with E-state index in [0.717, 1.165) is 6.42 Å². The van der Waals surface area contributed by atoms with Gasteiger partial charge in [-0.2, -0.15) is 0 Å². The van der Waals surface area contributed by atoms with Crippen LogP contribution in [0.25, 0.3) is 0 Å². The molecule has 0 fully saturated rings. The molecule has 0 rings (SSSR count). The number of rotatable bonds is 13. The summed E-state index contributed by atoms with van der Waals surface area (Å²) in [6.45, 7) is 2.58. The molecule has 19 heavy (non-hydrogen) atoms. The second kappa shape index (κ2) is 17.2. The maximum absolute atomic E-state index is 8.65. The fraction of sp³-hybridized carbons (Fsp3) is 0.667. The first kappa shape index (κ1) is 18.2. The van der Waals surface area contributed by atoms with Gasteiger partial charge in [-0.3, -0.25) is 0 Å². The zero-order valence-electron chi connectivity index (χ0n) is 12.7.